The Balaban J connectivity index is 4.01. The molecule has 0 aromatic heterocycles. The van der Waals surface area contributed by atoms with E-state index in [9.17, 15) is 9.90 Å². The summed E-state index contributed by atoms with van der Waals surface area (Å²) in [5.74, 6) is 0. The van der Waals surface area contributed by atoms with Gasteiger partial charge in [0, 0.05) is 7.05 Å². The van der Waals surface area contributed by atoms with Crippen LogP contribution in [-0.2, 0) is 0 Å². The summed E-state index contributed by atoms with van der Waals surface area (Å²) in [4.78, 5) is 11.5. The Morgan fingerprint density at radius 2 is 1.92 bits per heavy atom. The van der Waals surface area contributed by atoms with E-state index in [2.05, 4.69) is 0 Å². The normalized spacial score (nSPS) is 14.1. The minimum atomic E-state index is -1.02. The van der Waals surface area contributed by atoms with Crippen LogP contribution in [-0.4, -0.2) is 40.9 Å². The van der Waals surface area contributed by atoms with E-state index in [0.29, 0.717) is 0 Å². The second-order valence-corrected chi connectivity index (χ2v) is 4.04. The van der Waals surface area contributed by atoms with Gasteiger partial charge in [-0.3, -0.25) is 0 Å². The molecule has 0 aliphatic carbocycles. The van der Waals surface area contributed by atoms with Gasteiger partial charge in [0.2, 0.25) is 0 Å². The number of hydrogen-bond donors (Lipinski definition) is 2. The topological polar surface area (TPSA) is 60.8 Å². The highest BCUT2D eigenvalue weighted by molar-refractivity contribution is 5.64. The number of nitrogens with zero attached hydrogens (tertiary/aromatic N) is 1. The van der Waals surface area contributed by atoms with Crippen molar-refractivity contribution < 1.29 is 15.0 Å². The van der Waals surface area contributed by atoms with Gasteiger partial charge >= 0.3 is 6.09 Å². The predicted octanol–water partition coefficient (Wildman–Crippen LogP) is 1.00. The summed E-state index contributed by atoms with van der Waals surface area (Å²) >= 11 is 0. The second-order valence-electron chi connectivity index (χ2n) is 4.04. The van der Waals surface area contributed by atoms with E-state index in [-0.39, 0.29) is 12.0 Å². The molecule has 2 N–H and O–H groups in total. The van der Waals surface area contributed by atoms with Crippen molar-refractivity contribution in [2.24, 2.45) is 5.41 Å². The van der Waals surface area contributed by atoms with Gasteiger partial charge in [0.05, 0.1) is 12.6 Å². The SMILES string of the molecule is CN(CC(O)C(C)(C)C)C(=O)O. The summed E-state index contributed by atoms with van der Waals surface area (Å²) in [6.45, 7) is 5.76. The van der Waals surface area contributed by atoms with Crippen LogP contribution < -0.4 is 0 Å². The average molecular weight is 175 g/mol. The van der Waals surface area contributed by atoms with Crippen LogP contribution in [0.15, 0.2) is 0 Å². The van der Waals surface area contributed by atoms with Crippen molar-refractivity contribution in [3.63, 3.8) is 0 Å². The first-order valence-electron chi connectivity index (χ1n) is 3.87. The molecule has 4 nitrogen and oxygen atoms in total. The Morgan fingerprint density at radius 1 is 1.50 bits per heavy atom. The lowest BCUT2D eigenvalue weighted by Crippen LogP contribution is -2.39. The van der Waals surface area contributed by atoms with E-state index in [1.54, 1.807) is 0 Å². The van der Waals surface area contributed by atoms with Crippen LogP contribution in [0.3, 0.4) is 0 Å². The Labute approximate surface area is 72.8 Å². The summed E-state index contributed by atoms with van der Waals surface area (Å²) in [5, 5.41) is 18.0. The molecule has 0 aliphatic heterocycles. The molecule has 0 spiro atoms. The molecular weight excluding hydrogens is 158 g/mol. The van der Waals surface area contributed by atoms with Gasteiger partial charge in [-0.05, 0) is 5.41 Å². The third-order valence-electron chi connectivity index (χ3n) is 1.77. The van der Waals surface area contributed by atoms with Crippen molar-refractivity contribution in [3.05, 3.63) is 0 Å². The van der Waals surface area contributed by atoms with Crippen LogP contribution in [0.1, 0.15) is 20.8 Å². The molecule has 0 saturated heterocycles. The lowest BCUT2D eigenvalue weighted by atomic mass is 9.89. The lowest BCUT2D eigenvalue weighted by Gasteiger charge is -2.28. The van der Waals surface area contributed by atoms with Crippen LogP contribution in [0.2, 0.25) is 0 Å². The smallest absolute Gasteiger partial charge is 0.407 e. The van der Waals surface area contributed by atoms with Gasteiger partial charge in [0.25, 0.3) is 0 Å². The van der Waals surface area contributed by atoms with Crippen LogP contribution in [0, 0.1) is 5.41 Å². The van der Waals surface area contributed by atoms with Crippen molar-refractivity contribution in [2.45, 2.75) is 26.9 Å². The average Bonchev–Trinajstić information content (AvgIpc) is 1.85. The fraction of sp³-hybridized carbons (Fsp3) is 0.875. The third-order valence-corrected chi connectivity index (χ3v) is 1.77. The highest BCUT2D eigenvalue weighted by Gasteiger charge is 2.24. The van der Waals surface area contributed by atoms with E-state index in [1.807, 2.05) is 20.8 Å². The largest absolute Gasteiger partial charge is 0.465 e. The summed E-state index contributed by atoms with van der Waals surface area (Å²) in [7, 11) is 1.44. The summed E-state index contributed by atoms with van der Waals surface area (Å²) in [6, 6.07) is 0. The van der Waals surface area contributed by atoms with Crippen LogP contribution >= 0.6 is 0 Å². The number of carbonyl (C=O) groups is 1. The summed E-state index contributed by atoms with van der Waals surface area (Å²) < 4.78 is 0. The molecule has 1 amide bonds. The molecule has 0 fully saturated rings. The maximum atomic E-state index is 10.4. The van der Waals surface area contributed by atoms with Crippen molar-refractivity contribution in [2.75, 3.05) is 13.6 Å². The zero-order chi connectivity index (χ0) is 9.94. The molecule has 72 valence electrons. The van der Waals surface area contributed by atoms with Crippen molar-refractivity contribution >= 4 is 6.09 Å². The molecule has 1 unspecified atom stereocenters. The Bertz CT molecular complexity index is 162. The zero-order valence-corrected chi connectivity index (χ0v) is 8.03. The van der Waals surface area contributed by atoms with E-state index in [4.69, 9.17) is 5.11 Å². The molecule has 4 heteroatoms. The van der Waals surface area contributed by atoms with E-state index < -0.39 is 12.2 Å². The molecule has 12 heavy (non-hydrogen) atoms. The fourth-order valence-electron chi connectivity index (χ4n) is 0.611. The van der Waals surface area contributed by atoms with Gasteiger partial charge in [-0.15, -0.1) is 0 Å². The minimum absolute atomic E-state index is 0.152. The van der Waals surface area contributed by atoms with Gasteiger partial charge in [-0.2, -0.15) is 0 Å². The summed E-state index contributed by atoms with van der Waals surface area (Å²) in [5.41, 5.74) is -0.274. The predicted molar refractivity (Wildman–Crippen MR) is 46.1 cm³/mol. The van der Waals surface area contributed by atoms with Crippen molar-refractivity contribution in [3.8, 4) is 0 Å². The van der Waals surface area contributed by atoms with Gasteiger partial charge in [-0.25, -0.2) is 4.79 Å². The Kier molecular flexibility index (Phi) is 3.52. The highest BCUT2D eigenvalue weighted by Crippen LogP contribution is 2.19. The molecule has 0 rings (SSSR count). The molecule has 1 atom stereocenters. The monoisotopic (exact) mass is 175 g/mol. The van der Waals surface area contributed by atoms with Gasteiger partial charge in [0.1, 0.15) is 0 Å². The van der Waals surface area contributed by atoms with E-state index in [0.717, 1.165) is 4.90 Å². The fourth-order valence-corrected chi connectivity index (χ4v) is 0.611. The van der Waals surface area contributed by atoms with Crippen LogP contribution in [0.25, 0.3) is 0 Å². The van der Waals surface area contributed by atoms with Crippen LogP contribution in [0.5, 0.6) is 0 Å². The Morgan fingerprint density at radius 3 is 2.17 bits per heavy atom. The van der Waals surface area contributed by atoms with E-state index in [1.165, 1.54) is 7.05 Å². The molecule has 0 heterocycles. The summed E-state index contributed by atoms with van der Waals surface area (Å²) in [6.07, 6.45) is -1.64. The second kappa shape index (κ2) is 3.76. The molecule has 0 bridgehead atoms. The Hall–Kier alpha value is -0.770. The van der Waals surface area contributed by atoms with Crippen LogP contribution in [0.4, 0.5) is 4.79 Å². The molecular formula is C8H17NO3. The molecule has 0 aliphatic rings. The standard InChI is InChI=1S/C8H17NO3/c1-8(2,3)6(10)5-9(4)7(11)12/h6,10H,5H2,1-4H3,(H,11,12). The lowest BCUT2D eigenvalue weighted by molar-refractivity contribution is 0.0359. The number of aliphatic hydroxyl groups excluding tert-OH is 1. The number of rotatable bonds is 2. The zero-order valence-electron chi connectivity index (χ0n) is 8.03. The first-order chi connectivity index (χ1) is 5.25. The van der Waals surface area contributed by atoms with Gasteiger partial charge < -0.3 is 15.1 Å². The molecule has 0 aromatic rings. The van der Waals surface area contributed by atoms with Crippen molar-refractivity contribution in [1.29, 1.82) is 0 Å². The maximum Gasteiger partial charge on any atom is 0.407 e. The first kappa shape index (κ1) is 11.2. The number of hydrogen-bond acceptors (Lipinski definition) is 2. The number of carboxylic acid groups (broad SMARTS) is 1. The minimum Gasteiger partial charge on any atom is -0.465 e. The van der Waals surface area contributed by atoms with E-state index >= 15 is 0 Å². The molecule has 0 saturated carbocycles. The maximum absolute atomic E-state index is 10.4. The van der Waals surface area contributed by atoms with Crippen molar-refractivity contribution in [1.82, 2.24) is 4.90 Å². The molecule has 0 aromatic carbocycles. The highest BCUT2D eigenvalue weighted by atomic mass is 16.4. The third kappa shape index (κ3) is 3.57. The number of amides is 1. The van der Waals surface area contributed by atoms with Gasteiger partial charge in [-0.1, -0.05) is 20.8 Å². The quantitative estimate of drug-likeness (QED) is 0.658. The number of aliphatic hydroxyl groups is 1. The molecule has 0 radical (unpaired) electrons. The van der Waals surface area contributed by atoms with Gasteiger partial charge in [0.15, 0.2) is 0 Å². The first-order valence-corrected chi connectivity index (χ1v) is 3.87. The number of likely N-dealkylation sites (N-methyl/N-ethyl adjacent to an activating group) is 1.